The Labute approximate surface area is 138 Å². The van der Waals surface area contributed by atoms with Gasteiger partial charge in [0.25, 0.3) is 0 Å². The molecule has 2 unspecified atom stereocenters. The molecule has 0 amide bonds. The van der Waals surface area contributed by atoms with Crippen LogP contribution in [0.2, 0.25) is 19.6 Å². The summed E-state index contributed by atoms with van der Waals surface area (Å²) in [6.45, 7) is 11.2. The molecule has 130 valence electrons. The van der Waals surface area contributed by atoms with E-state index < -0.39 is 8.32 Å². The Bertz CT molecular complexity index is 338. The lowest BCUT2D eigenvalue weighted by Gasteiger charge is -2.27. The summed E-state index contributed by atoms with van der Waals surface area (Å²) in [4.78, 5) is 12.0. The average molecular weight is 329 g/mol. The maximum absolute atomic E-state index is 12.0. The number of hydrogen-bond donors (Lipinski definition) is 0. The molecule has 3 nitrogen and oxygen atoms in total. The third-order valence-corrected chi connectivity index (χ3v) is 5.33. The van der Waals surface area contributed by atoms with Crippen LogP contribution in [0.15, 0.2) is 0 Å². The molecule has 0 aromatic heterocycles. The van der Waals surface area contributed by atoms with Crippen LogP contribution in [0.1, 0.15) is 71.6 Å². The van der Waals surface area contributed by atoms with Crippen molar-refractivity contribution in [2.75, 3.05) is 6.61 Å². The minimum Gasteiger partial charge on any atom is -0.466 e. The Morgan fingerprint density at radius 1 is 1.05 bits per heavy atom. The van der Waals surface area contributed by atoms with Crippen molar-refractivity contribution in [2.45, 2.75) is 96.9 Å². The van der Waals surface area contributed by atoms with E-state index in [-0.39, 0.29) is 17.5 Å². The highest BCUT2D eigenvalue weighted by Crippen LogP contribution is 2.52. The largest absolute Gasteiger partial charge is 0.466 e. The molecule has 0 saturated heterocycles. The lowest BCUT2D eigenvalue weighted by molar-refractivity contribution is -0.146. The van der Waals surface area contributed by atoms with Crippen molar-refractivity contribution in [2.24, 2.45) is 5.92 Å². The van der Waals surface area contributed by atoms with Gasteiger partial charge in [0.15, 0.2) is 8.32 Å². The van der Waals surface area contributed by atoms with E-state index in [1.54, 1.807) is 0 Å². The molecule has 0 aromatic rings. The minimum atomic E-state index is -1.63. The second-order valence-corrected chi connectivity index (χ2v) is 12.1. The number of carbonyl (C=O) groups is 1. The van der Waals surface area contributed by atoms with Crippen LogP contribution in [0.25, 0.3) is 0 Å². The van der Waals surface area contributed by atoms with E-state index in [1.807, 2.05) is 6.92 Å². The van der Waals surface area contributed by atoms with Gasteiger partial charge in [-0.25, -0.2) is 0 Å². The summed E-state index contributed by atoms with van der Waals surface area (Å²) in [7, 11) is -1.63. The fourth-order valence-corrected chi connectivity index (χ4v) is 4.81. The first-order chi connectivity index (χ1) is 10.3. The van der Waals surface area contributed by atoms with Crippen LogP contribution in [0.3, 0.4) is 0 Å². The molecule has 1 saturated carbocycles. The zero-order chi connectivity index (χ0) is 16.6. The topological polar surface area (TPSA) is 35.5 Å². The Morgan fingerprint density at radius 2 is 1.64 bits per heavy atom. The molecule has 1 aliphatic rings. The quantitative estimate of drug-likeness (QED) is 0.277. The third-order valence-electron chi connectivity index (χ3n) is 4.31. The molecule has 1 aliphatic carbocycles. The predicted molar refractivity (Wildman–Crippen MR) is 94.5 cm³/mol. The molecule has 2 atom stereocenters. The van der Waals surface area contributed by atoms with Crippen LogP contribution in [0, 0.1) is 5.92 Å². The first kappa shape index (κ1) is 19.7. The molecule has 0 aliphatic heterocycles. The molecule has 1 fully saturated rings. The van der Waals surface area contributed by atoms with Crippen LogP contribution in [-0.4, -0.2) is 26.5 Å². The number of rotatable bonds is 12. The molecule has 0 aromatic carbocycles. The minimum absolute atomic E-state index is 0.0146. The SMILES string of the molecule is CCCCCCCCCC1(O[Si](C)(C)C)CC1C(=O)OCC. The van der Waals surface area contributed by atoms with Gasteiger partial charge in [0.05, 0.1) is 18.1 Å². The summed E-state index contributed by atoms with van der Waals surface area (Å²) in [6, 6.07) is 0. The van der Waals surface area contributed by atoms with Gasteiger partial charge in [-0.15, -0.1) is 0 Å². The van der Waals surface area contributed by atoms with E-state index in [1.165, 1.54) is 44.9 Å². The lowest BCUT2D eigenvalue weighted by atomic mass is 10.0. The summed E-state index contributed by atoms with van der Waals surface area (Å²) in [5.74, 6) is -0.0667. The summed E-state index contributed by atoms with van der Waals surface area (Å²) in [5.41, 5.74) is -0.194. The van der Waals surface area contributed by atoms with E-state index in [0.717, 1.165) is 12.8 Å². The number of esters is 1. The molecular formula is C18H36O3Si. The first-order valence-corrected chi connectivity index (χ1v) is 12.6. The first-order valence-electron chi connectivity index (χ1n) is 9.21. The fraction of sp³-hybridized carbons (Fsp3) is 0.944. The summed E-state index contributed by atoms with van der Waals surface area (Å²) >= 11 is 0. The smallest absolute Gasteiger partial charge is 0.311 e. The average Bonchev–Trinajstić information content (AvgIpc) is 3.10. The maximum Gasteiger partial charge on any atom is 0.311 e. The second-order valence-electron chi connectivity index (χ2n) is 7.66. The summed E-state index contributed by atoms with van der Waals surface area (Å²) < 4.78 is 11.6. The van der Waals surface area contributed by atoms with Crippen molar-refractivity contribution < 1.29 is 14.0 Å². The molecular weight excluding hydrogens is 292 g/mol. The zero-order valence-electron chi connectivity index (χ0n) is 15.4. The monoisotopic (exact) mass is 328 g/mol. The fourth-order valence-electron chi connectivity index (χ4n) is 3.26. The van der Waals surface area contributed by atoms with Gasteiger partial charge in [-0.3, -0.25) is 4.79 Å². The standard InChI is InChI=1S/C18H36O3Si/c1-6-8-9-10-11-12-13-14-18(21-22(3,4)5)15-16(18)17(19)20-7-2/h16H,6-15H2,1-5H3. The van der Waals surface area contributed by atoms with Gasteiger partial charge in [0.2, 0.25) is 0 Å². The van der Waals surface area contributed by atoms with E-state index in [9.17, 15) is 4.79 Å². The number of carbonyl (C=O) groups excluding carboxylic acids is 1. The van der Waals surface area contributed by atoms with Crippen LogP contribution < -0.4 is 0 Å². The van der Waals surface area contributed by atoms with Gasteiger partial charge in [0, 0.05) is 0 Å². The van der Waals surface area contributed by atoms with Crippen molar-refractivity contribution in [3.8, 4) is 0 Å². The highest BCUT2D eigenvalue weighted by Gasteiger charge is 2.61. The van der Waals surface area contributed by atoms with Gasteiger partial charge in [-0.2, -0.15) is 0 Å². The highest BCUT2D eigenvalue weighted by molar-refractivity contribution is 6.69. The van der Waals surface area contributed by atoms with Crippen LogP contribution in [0.4, 0.5) is 0 Å². The molecule has 22 heavy (non-hydrogen) atoms. The van der Waals surface area contributed by atoms with E-state index in [0.29, 0.717) is 6.61 Å². The normalized spacial score (nSPS) is 24.3. The van der Waals surface area contributed by atoms with Crippen LogP contribution in [-0.2, 0) is 14.0 Å². The van der Waals surface area contributed by atoms with Gasteiger partial charge >= 0.3 is 5.97 Å². The Balaban J connectivity index is 2.37. The predicted octanol–water partition coefficient (Wildman–Crippen LogP) is 5.30. The van der Waals surface area contributed by atoms with Crippen molar-refractivity contribution in [1.82, 2.24) is 0 Å². The van der Waals surface area contributed by atoms with Crippen LogP contribution >= 0.6 is 0 Å². The van der Waals surface area contributed by atoms with Crippen LogP contribution in [0.5, 0.6) is 0 Å². The molecule has 0 bridgehead atoms. The Kier molecular flexibility index (Phi) is 8.12. The van der Waals surface area contributed by atoms with Crippen molar-refractivity contribution in [1.29, 1.82) is 0 Å². The van der Waals surface area contributed by atoms with Gasteiger partial charge in [-0.1, -0.05) is 51.9 Å². The molecule has 0 spiro atoms. The number of hydrogen-bond acceptors (Lipinski definition) is 3. The maximum atomic E-state index is 12.0. The molecule has 0 heterocycles. The Hall–Kier alpha value is -0.353. The van der Waals surface area contributed by atoms with E-state index >= 15 is 0 Å². The highest BCUT2D eigenvalue weighted by atomic mass is 28.4. The van der Waals surface area contributed by atoms with E-state index in [4.69, 9.17) is 9.16 Å². The Morgan fingerprint density at radius 3 is 2.18 bits per heavy atom. The van der Waals surface area contributed by atoms with Crippen molar-refractivity contribution >= 4 is 14.3 Å². The van der Waals surface area contributed by atoms with Crippen molar-refractivity contribution in [3.63, 3.8) is 0 Å². The second kappa shape index (κ2) is 9.07. The lowest BCUT2D eigenvalue weighted by Crippen LogP contribution is -2.36. The number of unbranched alkanes of at least 4 members (excludes halogenated alkanes) is 6. The molecule has 0 radical (unpaired) electrons. The molecule has 0 N–H and O–H groups in total. The zero-order valence-corrected chi connectivity index (χ0v) is 16.4. The third kappa shape index (κ3) is 6.82. The van der Waals surface area contributed by atoms with Gasteiger partial charge in [-0.05, 0) is 39.4 Å². The van der Waals surface area contributed by atoms with Crippen molar-refractivity contribution in [3.05, 3.63) is 0 Å². The van der Waals surface area contributed by atoms with Gasteiger partial charge in [0.1, 0.15) is 0 Å². The summed E-state index contributed by atoms with van der Waals surface area (Å²) in [6.07, 6.45) is 11.0. The van der Waals surface area contributed by atoms with Gasteiger partial charge < -0.3 is 9.16 Å². The van der Waals surface area contributed by atoms with E-state index in [2.05, 4.69) is 26.6 Å². The molecule has 1 rings (SSSR count). The molecule has 4 heteroatoms. The summed E-state index contributed by atoms with van der Waals surface area (Å²) in [5, 5.41) is 0. The number of ether oxygens (including phenoxy) is 1.